The first-order valence-electron chi connectivity index (χ1n) is 14.7. The van der Waals surface area contributed by atoms with Gasteiger partial charge in [-0.2, -0.15) is 0 Å². The van der Waals surface area contributed by atoms with E-state index in [1.54, 1.807) is 0 Å². The van der Waals surface area contributed by atoms with Crippen molar-refractivity contribution < 1.29 is 0 Å². The van der Waals surface area contributed by atoms with Gasteiger partial charge >= 0.3 is 0 Å². The molecule has 0 radical (unpaired) electrons. The molecule has 2 aliphatic rings. The molecular weight excluding hydrogens is 513 g/mol. The summed E-state index contributed by atoms with van der Waals surface area (Å²) in [6.45, 7) is 0. The highest BCUT2D eigenvalue weighted by molar-refractivity contribution is 7.16. The van der Waals surface area contributed by atoms with Crippen LogP contribution in [0.25, 0.3) is 54.3 Å². The van der Waals surface area contributed by atoms with Gasteiger partial charge in [-0.25, -0.2) is 0 Å². The molecule has 0 saturated carbocycles. The van der Waals surface area contributed by atoms with Crippen molar-refractivity contribution in [2.75, 3.05) is 0 Å². The molecule has 1 aromatic heterocycles. The van der Waals surface area contributed by atoms with Gasteiger partial charge in [0.15, 0.2) is 0 Å². The Morgan fingerprint density at radius 1 is 0.512 bits per heavy atom. The summed E-state index contributed by atoms with van der Waals surface area (Å²) >= 11 is 1.89. The Balaban J connectivity index is 1.33. The highest BCUT2D eigenvalue weighted by Crippen LogP contribution is 2.45. The summed E-state index contributed by atoms with van der Waals surface area (Å²) in [5.74, 6) is 0. The number of thiophene rings is 1. The molecule has 196 valence electrons. The van der Waals surface area contributed by atoms with Crippen molar-refractivity contribution in [2.24, 2.45) is 0 Å². The van der Waals surface area contributed by atoms with Crippen LogP contribution in [0.3, 0.4) is 0 Å². The van der Waals surface area contributed by atoms with Crippen molar-refractivity contribution in [2.45, 2.75) is 25.7 Å². The number of hydrogen-bond acceptors (Lipinski definition) is 1. The smallest absolute Gasteiger partial charge is 0.0349 e. The molecule has 0 spiro atoms. The summed E-state index contributed by atoms with van der Waals surface area (Å²) in [6, 6.07) is 40.7. The maximum absolute atomic E-state index is 2.46. The normalized spacial score (nSPS) is 14.6. The molecule has 5 aromatic carbocycles. The minimum absolute atomic E-state index is 1.08. The van der Waals surface area contributed by atoms with Crippen LogP contribution in [-0.2, 0) is 6.42 Å². The minimum atomic E-state index is 1.08. The third-order valence-corrected chi connectivity index (χ3v) is 9.78. The number of allylic oxidation sites excluding steroid dienone is 5. The number of aryl methyl sites for hydroxylation is 1. The topological polar surface area (TPSA) is 0 Å². The lowest BCUT2D eigenvalue weighted by atomic mass is 9.80. The van der Waals surface area contributed by atoms with Crippen LogP contribution in [0.1, 0.15) is 40.8 Å². The summed E-state index contributed by atoms with van der Waals surface area (Å²) in [5, 5.41) is 5.27. The predicted molar refractivity (Wildman–Crippen MR) is 178 cm³/mol. The van der Waals surface area contributed by atoms with Crippen molar-refractivity contribution in [1.82, 2.24) is 0 Å². The second kappa shape index (κ2) is 10.2. The molecule has 0 bridgehead atoms. The molecule has 8 rings (SSSR count). The Labute approximate surface area is 245 Å². The zero-order chi connectivity index (χ0) is 27.2. The fourth-order valence-corrected chi connectivity index (χ4v) is 7.74. The van der Waals surface area contributed by atoms with Gasteiger partial charge in [-0.15, -0.1) is 11.3 Å². The fourth-order valence-electron chi connectivity index (χ4n) is 6.72. The highest BCUT2D eigenvalue weighted by atomic mass is 32.1. The average molecular weight is 543 g/mol. The van der Waals surface area contributed by atoms with E-state index in [1.165, 1.54) is 75.8 Å². The largest absolute Gasteiger partial charge is 0.135 e. The number of rotatable bonds is 4. The van der Waals surface area contributed by atoms with Gasteiger partial charge in [-0.1, -0.05) is 115 Å². The van der Waals surface area contributed by atoms with E-state index in [4.69, 9.17) is 0 Å². The van der Waals surface area contributed by atoms with E-state index in [2.05, 4.69) is 133 Å². The molecule has 0 fully saturated rings. The number of hydrogen-bond donors (Lipinski definition) is 0. The lowest BCUT2D eigenvalue weighted by Crippen LogP contribution is -2.02. The van der Waals surface area contributed by atoms with Crippen molar-refractivity contribution in [1.29, 1.82) is 0 Å². The molecule has 0 amide bonds. The van der Waals surface area contributed by atoms with Gasteiger partial charge < -0.3 is 0 Å². The quantitative estimate of drug-likeness (QED) is 0.194. The molecule has 0 aliphatic heterocycles. The van der Waals surface area contributed by atoms with Crippen LogP contribution in [0, 0.1) is 0 Å². The average Bonchev–Trinajstić information content (AvgIpc) is 3.55. The molecule has 41 heavy (non-hydrogen) atoms. The van der Waals surface area contributed by atoms with E-state index in [0.29, 0.717) is 0 Å². The lowest BCUT2D eigenvalue weighted by molar-refractivity contribution is 0.978. The van der Waals surface area contributed by atoms with E-state index in [0.717, 1.165) is 25.7 Å². The molecule has 0 nitrogen and oxygen atoms in total. The molecule has 1 heteroatoms. The molecule has 0 atom stereocenters. The zero-order valence-electron chi connectivity index (χ0n) is 22.9. The van der Waals surface area contributed by atoms with Crippen LogP contribution >= 0.6 is 11.3 Å². The molecule has 0 N–H and O–H groups in total. The molecule has 0 saturated heterocycles. The summed E-state index contributed by atoms with van der Waals surface area (Å²) < 4.78 is 0. The maximum Gasteiger partial charge on any atom is 0.0349 e. The third-order valence-electron chi connectivity index (χ3n) is 8.59. The van der Waals surface area contributed by atoms with Gasteiger partial charge in [0.05, 0.1) is 0 Å². The Morgan fingerprint density at radius 2 is 1.20 bits per heavy atom. The summed E-state index contributed by atoms with van der Waals surface area (Å²) in [7, 11) is 0. The van der Waals surface area contributed by atoms with E-state index in [-0.39, 0.29) is 0 Å². The van der Waals surface area contributed by atoms with Gasteiger partial charge in [0.2, 0.25) is 0 Å². The Kier molecular flexibility index (Phi) is 6.04. The monoisotopic (exact) mass is 542 g/mol. The highest BCUT2D eigenvalue weighted by Gasteiger charge is 2.21. The summed E-state index contributed by atoms with van der Waals surface area (Å²) in [5.41, 5.74) is 10.8. The van der Waals surface area contributed by atoms with E-state index in [1.807, 2.05) is 11.3 Å². The van der Waals surface area contributed by atoms with Gasteiger partial charge in [0.1, 0.15) is 0 Å². The fraction of sp³-hybridized carbons (Fsp3) is 0.100. The second-order valence-electron chi connectivity index (χ2n) is 11.0. The van der Waals surface area contributed by atoms with Gasteiger partial charge in [0, 0.05) is 9.75 Å². The lowest BCUT2D eigenvalue weighted by Gasteiger charge is -2.23. The first-order valence-corrected chi connectivity index (χ1v) is 15.5. The second-order valence-corrected chi connectivity index (χ2v) is 12.1. The van der Waals surface area contributed by atoms with Crippen LogP contribution in [0.2, 0.25) is 0 Å². The Morgan fingerprint density at radius 3 is 1.95 bits per heavy atom. The van der Waals surface area contributed by atoms with Crippen molar-refractivity contribution >= 4 is 44.0 Å². The van der Waals surface area contributed by atoms with Crippen LogP contribution in [0.15, 0.2) is 133 Å². The first kappa shape index (κ1) is 24.3. The molecular formula is C40H30S. The summed E-state index contributed by atoms with van der Waals surface area (Å²) in [6.07, 6.45) is 13.9. The van der Waals surface area contributed by atoms with Crippen LogP contribution in [-0.4, -0.2) is 0 Å². The van der Waals surface area contributed by atoms with Gasteiger partial charge in [-0.3, -0.25) is 0 Å². The SMILES string of the molecule is C1=CC(c2ccc(-c3cccc(-c4c5ccccc5c(C5=CCCc6ccccc65)c5ccccc45)c3)s2)=CCC1. The zero-order valence-corrected chi connectivity index (χ0v) is 23.8. The van der Waals surface area contributed by atoms with Crippen LogP contribution < -0.4 is 0 Å². The Hall–Kier alpha value is -4.46. The standard InChI is InChI=1S/C40H30S/c1-2-13-28(14-3-1)37-24-25-38(41-37)29-16-10-17-30(26-29)39-33-19-6-8-21-35(33)40(36-22-9-7-20-34(36)39)32-23-11-15-27-12-4-5-18-31(27)32/h2,4-10,12-14,16-26H,1,3,11,15H2. The van der Waals surface area contributed by atoms with Gasteiger partial charge in [0.25, 0.3) is 0 Å². The van der Waals surface area contributed by atoms with Crippen molar-refractivity contribution in [3.8, 4) is 21.6 Å². The predicted octanol–water partition coefficient (Wildman–Crippen LogP) is 11.5. The van der Waals surface area contributed by atoms with Crippen LogP contribution in [0.4, 0.5) is 0 Å². The van der Waals surface area contributed by atoms with E-state index >= 15 is 0 Å². The van der Waals surface area contributed by atoms with E-state index < -0.39 is 0 Å². The number of benzene rings is 5. The number of fused-ring (bicyclic) bond motifs is 3. The minimum Gasteiger partial charge on any atom is -0.135 e. The third kappa shape index (κ3) is 4.20. The molecule has 6 aromatic rings. The van der Waals surface area contributed by atoms with Crippen molar-refractivity contribution in [3.63, 3.8) is 0 Å². The Bertz CT molecular complexity index is 1990. The van der Waals surface area contributed by atoms with E-state index in [9.17, 15) is 0 Å². The maximum atomic E-state index is 2.46. The summed E-state index contributed by atoms with van der Waals surface area (Å²) in [4.78, 5) is 2.67. The first-order chi connectivity index (χ1) is 20.3. The van der Waals surface area contributed by atoms with Crippen molar-refractivity contribution in [3.05, 3.63) is 155 Å². The molecule has 0 unspecified atom stereocenters. The molecule has 2 aliphatic carbocycles. The van der Waals surface area contributed by atoms with Crippen LogP contribution in [0.5, 0.6) is 0 Å². The molecule has 1 heterocycles. The van der Waals surface area contributed by atoms with Gasteiger partial charge in [-0.05, 0) is 110 Å².